The maximum Gasteiger partial charge on any atom is 0.187 e. The summed E-state index contributed by atoms with van der Waals surface area (Å²) in [6, 6.07) is 0. The van der Waals surface area contributed by atoms with Crippen LogP contribution in [-0.2, 0) is 75.8 Å². The van der Waals surface area contributed by atoms with Crippen molar-refractivity contribution in [1.29, 1.82) is 0 Å². The predicted octanol–water partition coefficient (Wildman–Crippen LogP) is -0.535. The van der Waals surface area contributed by atoms with E-state index >= 15 is 0 Å². The number of ether oxygens (including phenoxy) is 15. The van der Waals surface area contributed by atoms with Gasteiger partial charge in [-0.05, 0) is 0 Å². The highest BCUT2D eigenvalue weighted by Crippen LogP contribution is 2.35. The molecule has 45 heavy (non-hydrogen) atoms. The highest BCUT2D eigenvalue weighted by molar-refractivity contribution is 5.57. The molecule has 0 aromatic rings. The number of carbonyl (C=O) groups excluding carboxylic acids is 1. The number of rotatable bonds is 22. The summed E-state index contributed by atoms with van der Waals surface area (Å²) in [5, 5.41) is 0. The molecule has 0 bridgehead atoms. The van der Waals surface area contributed by atoms with Gasteiger partial charge in [-0.2, -0.15) is 0 Å². The van der Waals surface area contributed by atoms with Gasteiger partial charge in [-0.1, -0.05) is 0 Å². The molecule has 2 fully saturated rings. The lowest BCUT2D eigenvalue weighted by molar-refractivity contribution is -0.374. The fraction of sp³-hybridized carbons (Fsp3) is 0.966. The molecule has 266 valence electrons. The van der Waals surface area contributed by atoms with E-state index in [4.69, 9.17) is 71.1 Å². The molecule has 16 nitrogen and oxygen atoms in total. The first-order valence-electron chi connectivity index (χ1n) is 14.6. The monoisotopic (exact) mass is 658 g/mol. The molecule has 0 amide bonds. The van der Waals surface area contributed by atoms with Crippen molar-refractivity contribution in [3.8, 4) is 0 Å². The fourth-order valence-electron chi connectivity index (χ4n) is 5.93. The van der Waals surface area contributed by atoms with Gasteiger partial charge in [-0.15, -0.1) is 0 Å². The zero-order chi connectivity index (χ0) is 33.5. The van der Waals surface area contributed by atoms with Crippen molar-refractivity contribution in [1.82, 2.24) is 0 Å². The molecule has 2 rings (SSSR count). The fourth-order valence-corrected chi connectivity index (χ4v) is 5.93. The smallest absolute Gasteiger partial charge is 0.187 e. The molecule has 0 aliphatic carbocycles. The van der Waals surface area contributed by atoms with Crippen LogP contribution in [0.2, 0.25) is 0 Å². The minimum absolute atomic E-state index is 0.0746. The Morgan fingerprint density at radius 1 is 0.556 bits per heavy atom. The van der Waals surface area contributed by atoms with E-state index in [1.807, 2.05) is 0 Å². The molecule has 0 aromatic heterocycles. The average Bonchev–Trinajstić information content (AvgIpc) is 3.05. The van der Waals surface area contributed by atoms with E-state index in [-0.39, 0.29) is 19.8 Å². The van der Waals surface area contributed by atoms with E-state index in [1.54, 1.807) is 21.3 Å². The van der Waals surface area contributed by atoms with E-state index in [2.05, 4.69) is 0 Å². The normalized spacial score (nSPS) is 35.1. The molecule has 2 aliphatic rings. The maximum atomic E-state index is 12.1. The van der Waals surface area contributed by atoms with Gasteiger partial charge in [0, 0.05) is 78.2 Å². The van der Waals surface area contributed by atoms with Gasteiger partial charge in [0.05, 0.1) is 19.8 Å². The Balaban J connectivity index is 2.47. The molecule has 0 aromatic carbocycles. The van der Waals surface area contributed by atoms with Crippen molar-refractivity contribution < 1.29 is 75.8 Å². The first kappa shape index (κ1) is 40.2. The van der Waals surface area contributed by atoms with Crippen LogP contribution in [0.3, 0.4) is 0 Å². The summed E-state index contributed by atoms with van der Waals surface area (Å²) in [6.45, 7) is 0.447. The molecule has 0 radical (unpaired) electrons. The first-order chi connectivity index (χ1) is 21.8. The van der Waals surface area contributed by atoms with Crippen LogP contribution >= 0.6 is 0 Å². The average molecular weight is 659 g/mol. The van der Waals surface area contributed by atoms with Crippen molar-refractivity contribution in [2.24, 2.45) is 0 Å². The molecule has 2 heterocycles. The molecule has 16 heteroatoms. The van der Waals surface area contributed by atoms with Gasteiger partial charge in [-0.25, -0.2) is 0 Å². The van der Waals surface area contributed by atoms with Crippen LogP contribution < -0.4 is 0 Å². The van der Waals surface area contributed by atoms with Crippen LogP contribution in [0.5, 0.6) is 0 Å². The lowest BCUT2D eigenvalue weighted by atomic mass is 9.96. The highest BCUT2D eigenvalue weighted by Gasteiger charge is 2.54. The number of carbonyl (C=O) groups is 1. The quantitative estimate of drug-likeness (QED) is 0.137. The zero-order valence-electron chi connectivity index (χ0n) is 28.3. The molecule has 0 saturated carbocycles. The lowest BCUT2D eigenvalue weighted by Crippen LogP contribution is -2.66. The van der Waals surface area contributed by atoms with E-state index in [1.165, 1.54) is 56.9 Å². The molecule has 2 saturated heterocycles. The number of hydrogen-bond donors (Lipinski definition) is 0. The summed E-state index contributed by atoms with van der Waals surface area (Å²) < 4.78 is 87.9. The van der Waals surface area contributed by atoms with Crippen LogP contribution in [0.1, 0.15) is 0 Å². The second kappa shape index (κ2) is 21.1. The van der Waals surface area contributed by atoms with Gasteiger partial charge in [-0.3, -0.25) is 0 Å². The Morgan fingerprint density at radius 3 is 1.51 bits per heavy atom. The van der Waals surface area contributed by atoms with Gasteiger partial charge in [0.15, 0.2) is 18.9 Å². The summed E-state index contributed by atoms with van der Waals surface area (Å²) in [6.07, 6.45) is -10.5. The van der Waals surface area contributed by atoms with Crippen molar-refractivity contribution in [3.05, 3.63) is 0 Å². The zero-order valence-corrected chi connectivity index (χ0v) is 28.3. The topological polar surface area (TPSA) is 156 Å². The molecule has 2 aliphatic heterocycles. The van der Waals surface area contributed by atoms with Crippen molar-refractivity contribution in [2.45, 2.75) is 85.8 Å². The van der Waals surface area contributed by atoms with E-state index in [0.717, 1.165) is 0 Å². The third kappa shape index (κ3) is 9.81. The molecular formula is C29H54O16. The Hall–Kier alpha value is -0.930. The highest BCUT2D eigenvalue weighted by atomic mass is 16.8. The summed E-state index contributed by atoms with van der Waals surface area (Å²) >= 11 is 0. The minimum Gasteiger partial charge on any atom is -0.382 e. The van der Waals surface area contributed by atoms with Crippen LogP contribution in [0.25, 0.3) is 0 Å². The summed E-state index contributed by atoms with van der Waals surface area (Å²) in [7, 11) is 16.6. The SMILES string of the molecule is COC[C@H]1O[C@@H](O[C@H]2[C@H](OC)[C@@H](OC)[C@H](O[C@@H]([C@H](OC)[C@@H](COC)OC)[C@H](C=O)OC)O[C@@H]2COC)[C@H](OC)[C@@H](OC)[C@@H]1OC. The third-order valence-corrected chi connectivity index (χ3v) is 8.11. The standard InChI is InChI=1S/C29H54O16/c1-31-13-17(35-5)20(36-6)22(16(12-30)34-4)44-29-27(41-11)25(39-9)23(19(43-29)15-33-3)45-28-26(40-10)24(38-8)21(37-7)18(42-28)14-32-2/h12,16-29H,13-15H2,1-11H3/t16-,17+,18+,19+,20+,21+,22+,23+,24-,25-,26+,27+,28-,29-/m0/s1. The largest absolute Gasteiger partial charge is 0.382 e. The van der Waals surface area contributed by atoms with E-state index < -0.39 is 85.8 Å². The van der Waals surface area contributed by atoms with Crippen LogP contribution in [0, 0.1) is 0 Å². The Morgan fingerprint density at radius 2 is 1.07 bits per heavy atom. The van der Waals surface area contributed by atoms with Crippen LogP contribution in [-0.4, -0.2) is 190 Å². The number of aldehydes is 1. The first-order valence-corrected chi connectivity index (χ1v) is 14.6. The molecular weight excluding hydrogens is 604 g/mol. The van der Waals surface area contributed by atoms with Crippen molar-refractivity contribution >= 4 is 6.29 Å². The Kier molecular flexibility index (Phi) is 18.9. The van der Waals surface area contributed by atoms with Gasteiger partial charge < -0.3 is 75.8 Å². The van der Waals surface area contributed by atoms with E-state index in [0.29, 0.717) is 6.29 Å². The van der Waals surface area contributed by atoms with Crippen LogP contribution in [0.4, 0.5) is 0 Å². The molecule has 0 unspecified atom stereocenters. The van der Waals surface area contributed by atoms with E-state index in [9.17, 15) is 4.79 Å². The summed E-state index contributed by atoms with van der Waals surface area (Å²) in [4.78, 5) is 12.1. The van der Waals surface area contributed by atoms with Crippen LogP contribution in [0.15, 0.2) is 0 Å². The Bertz CT molecular complexity index is 793. The lowest BCUT2D eigenvalue weighted by Gasteiger charge is -2.50. The summed E-state index contributed by atoms with van der Waals surface area (Å²) in [5.41, 5.74) is 0. The second-order valence-corrected chi connectivity index (χ2v) is 10.5. The predicted molar refractivity (Wildman–Crippen MR) is 155 cm³/mol. The number of hydrogen-bond acceptors (Lipinski definition) is 16. The van der Waals surface area contributed by atoms with Gasteiger partial charge >= 0.3 is 0 Å². The van der Waals surface area contributed by atoms with Gasteiger partial charge in [0.25, 0.3) is 0 Å². The van der Waals surface area contributed by atoms with Gasteiger partial charge in [0.1, 0.15) is 73.2 Å². The minimum atomic E-state index is -1.10. The van der Waals surface area contributed by atoms with Crippen molar-refractivity contribution in [2.75, 3.05) is 98.0 Å². The summed E-state index contributed by atoms with van der Waals surface area (Å²) in [5.74, 6) is 0. The molecule has 0 spiro atoms. The molecule has 0 N–H and O–H groups in total. The van der Waals surface area contributed by atoms with Crippen molar-refractivity contribution in [3.63, 3.8) is 0 Å². The third-order valence-electron chi connectivity index (χ3n) is 8.11. The molecule has 14 atom stereocenters. The number of methoxy groups -OCH3 is 11. The maximum absolute atomic E-state index is 12.1. The second-order valence-electron chi connectivity index (χ2n) is 10.5. The Labute approximate surface area is 266 Å². The van der Waals surface area contributed by atoms with Gasteiger partial charge in [0.2, 0.25) is 0 Å².